The third kappa shape index (κ3) is 3.10. The molecule has 5 nitrogen and oxygen atoms in total. The monoisotopic (exact) mass is 388 g/mol. The van der Waals surface area contributed by atoms with Gasteiger partial charge in [0.1, 0.15) is 17.3 Å². The van der Waals surface area contributed by atoms with E-state index < -0.39 is 17.5 Å². The standard InChI is InChI=1S/C13H10FIN2O3/c14-7-1-3-9(11(18)5-7)13(20)16-10-4-2-8(17-15)6-12(10)19/h1-6,17-19H,(H,16,20). The highest BCUT2D eigenvalue weighted by Gasteiger charge is 2.13. The van der Waals surface area contributed by atoms with E-state index in [4.69, 9.17) is 0 Å². The van der Waals surface area contributed by atoms with Crippen molar-refractivity contribution in [1.29, 1.82) is 0 Å². The van der Waals surface area contributed by atoms with Crippen LogP contribution in [0.5, 0.6) is 11.5 Å². The number of rotatable bonds is 3. The maximum atomic E-state index is 12.8. The quantitative estimate of drug-likeness (QED) is 0.370. The molecular formula is C13H10FIN2O3. The van der Waals surface area contributed by atoms with Crippen molar-refractivity contribution in [2.75, 3.05) is 8.85 Å². The molecule has 104 valence electrons. The maximum Gasteiger partial charge on any atom is 0.259 e. The highest BCUT2D eigenvalue weighted by molar-refractivity contribution is 14.1. The summed E-state index contributed by atoms with van der Waals surface area (Å²) in [5.41, 5.74) is 0.779. The number of nitrogens with one attached hydrogen (secondary N) is 2. The van der Waals surface area contributed by atoms with Gasteiger partial charge in [-0.25, -0.2) is 4.39 Å². The molecule has 0 radical (unpaired) electrons. The predicted octanol–water partition coefficient (Wildman–Crippen LogP) is 3.25. The van der Waals surface area contributed by atoms with Crippen LogP contribution < -0.4 is 8.85 Å². The van der Waals surface area contributed by atoms with Crippen LogP contribution in [-0.2, 0) is 0 Å². The van der Waals surface area contributed by atoms with E-state index in [2.05, 4.69) is 8.85 Å². The largest absolute Gasteiger partial charge is 0.507 e. The molecule has 0 aromatic heterocycles. The van der Waals surface area contributed by atoms with Gasteiger partial charge in [0.25, 0.3) is 5.91 Å². The molecule has 0 aliphatic heterocycles. The third-order valence-corrected chi connectivity index (χ3v) is 3.18. The molecule has 7 heteroatoms. The Labute approximate surface area is 127 Å². The zero-order valence-electron chi connectivity index (χ0n) is 10.0. The second kappa shape index (κ2) is 5.95. The van der Waals surface area contributed by atoms with E-state index in [1.807, 2.05) is 22.9 Å². The van der Waals surface area contributed by atoms with Gasteiger partial charge >= 0.3 is 0 Å². The number of anilines is 2. The number of carbonyl (C=O) groups is 1. The summed E-state index contributed by atoms with van der Waals surface area (Å²) in [5.74, 6) is -1.87. The lowest BCUT2D eigenvalue weighted by Gasteiger charge is -2.09. The maximum absolute atomic E-state index is 12.8. The molecule has 0 saturated heterocycles. The molecule has 2 aromatic carbocycles. The molecule has 2 aromatic rings. The molecule has 0 unspecified atom stereocenters. The van der Waals surface area contributed by atoms with Crippen molar-refractivity contribution < 1.29 is 19.4 Å². The summed E-state index contributed by atoms with van der Waals surface area (Å²) in [4.78, 5) is 11.9. The number of hydrogen-bond donors (Lipinski definition) is 4. The average molecular weight is 388 g/mol. The molecule has 0 bridgehead atoms. The number of phenols is 2. The number of carbonyl (C=O) groups excluding carboxylic acids is 1. The summed E-state index contributed by atoms with van der Waals surface area (Å²) in [6.45, 7) is 0. The number of aromatic hydroxyl groups is 2. The summed E-state index contributed by atoms with van der Waals surface area (Å²) < 4.78 is 15.7. The SMILES string of the molecule is O=C(Nc1ccc(NI)cc1O)c1ccc(F)cc1O. The number of benzene rings is 2. The van der Waals surface area contributed by atoms with Gasteiger partial charge in [-0.05, 0) is 24.3 Å². The van der Waals surface area contributed by atoms with Crippen LogP contribution in [0.3, 0.4) is 0 Å². The topological polar surface area (TPSA) is 81.6 Å². The first-order valence-corrected chi connectivity index (χ1v) is 6.58. The number of phenolic OH excluding ortho intramolecular Hbond substituents is 2. The molecule has 0 aliphatic carbocycles. The molecule has 0 atom stereocenters. The van der Waals surface area contributed by atoms with Crippen molar-refractivity contribution in [2.24, 2.45) is 0 Å². The second-order valence-electron chi connectivity index (χ2n) is 3.94. The third-order valence-electron chi connectivity index (χ3n) is 2.56. The van der Waals surface area contributed by atoms with Gasteiger partial charge in [-0.2, -0.15) is 0 Å². The van der Waals surface area contributed by atoms with Crippen LogP contribution in [0.1, 0.15) is 10.4 Å². The minimum absolute atomic E-state index is 0.0816. The summed E-state index contributed by atoms with van der Waals surface area (Å²) in [6, 6.07) is 7.68. The minimum Gasteiger partial charge on any atom is -0.507 e. The lowest BCUT2D eigenvalue weighted by Crippen LogP contribution is -2.12. The molecule has 4 N–H and O–H groups in total. The Bertz CT molecular complexity index is 664. The average Bonchev–Trinajstić information content (AvgIpc) is 2.40. The zero-order valence-corrected chi connectivity index (χ0v) is 12.2. The van der Waals surface area contributed by atoms with Crippen LogP contribution >= 0.6 is 22.9 Å². The first-order chi connectivity index (χ1) is 9.51. The fourth-order valence-electron chi connectivity index (χ4n) is 1.58. The van der Waals surface area contributed by atoms with E-state index in [1.54, 1.807) is 6.07 Å². The molecular weight excluding hydrogens is 378 g/mol. The highest BCUT2D eigenvalue weighted by Crippen LogP contribution is 2.28. The summed E-state index contributed by atoms with van der Waals surface area (Å²) in [7, 11) is 0. The fourth-order valence-corrected chi connectivity index (χ4v) is 1.92. The molecule has 1 amide bonds. The van der Waals surface area contributed by atoms with Crippen molar-refractivity contribution in [1.82, 2.24) is 0 Å². The number of halogens is 2. The van der Waals surface area contributed by atoms with Gasteiger partial charge < -0.3 is 19.1 Å². The highest BCUT2D eigenvalue weighted by atomic mass is 127. The molecule has 0 saturated carbocycles. The van der Waals surface area contributed by atoms with E-state index in [9.17, 15) is 19.4 Å². The molecule has 0 aliphatic rings. The van der Waals surface area contributed by atoms with Crippen molar-refractivity contribution in [3.63, 3.8) is 0 Å². The Kier molecular flexibility index (Phi) is 4.28. The summed E-state index contributed by atoms with van der Waals surface area (Å²) in [6.07, 6.45) is 0. The Hall–Kier alpha value is -2.03. The second-order valence-corrected chi connectivity index (χ2v) is 4.48. The Morgan fingerprint density at radius 3 is 2.45 bits per heavy atom. The van der Waals surface area contributed by atoms with Gasteiger partial charge in [-0.3, -0.25) is 4.79 Å². The van der Waals surface area contributed by atoms with Crippen LogP contribution in [0.4, 0.5) is 15.8 Å². The van der Waals surface area contributed by atoms with Gasteiger partial charge in [-0.1, -0.05) is 0 Å². The van der Waals surface area contributed by atoms with Gasteiger partial charge in [0.05, 0.1) is 34.1 Å². The predicted molar refractivity (Wildman–Crippen MR) is 81.8 cm³/mol. The van der Waals surface area contributed by atoms with Crippen LogP contribution in [-0.4, -0.2) is 16.1 Å². The van der Waals surface area contributed by atoms with Gasteiger partial charge in [-0.15, -0.1) is 0 Å². The van der Waals surface area contributed by atoms with E-state index in [1.165, 1.54) is 12.1 Å². The van der Waals surface area contributed by atoms with Crippen LogP contribution in [0.25, 0.3) is 0 Å². The van der Waals surface area contributed by atoms with E-state index >= 15 is 0 Å². The van der Waals surface area contributed by atoms with E-state index in [0.717, 1.165) is 18.2 Å². The summed E-state index contributed by atoms with van der Waals surface area (Å²) in [5, 5.41) is 21.7. The van der Waals surface area contributed by atoms with Gasteiger partial charge in [0.15, 0.2) is 0 Å². The van der Waals surface area contributed by atoms with E-state index in [-0.39, 0.29) is 17.0 Å². The number of amides is 1. The van der Waals surface area contributed by atoms with Gasteiger partial charge in [0, 0.05) is 17.8 Å². The van der Waals surface area contributed by atoms with Crippen molar-refractivity contribution >= 4 is 40.1 Å². The lowest BCUT2D eigenvalue weighted by atomic mass is 10.1. The fraction of sp³-hybridized carbons (Fsp3) is 0. The van der Waals surface area contributed by atoms with Crippen molar-refractivity contribution in [2.45, 2.75) is 0 Å². The van der Waals surface area contributed by atoms with Crippen molar-refractivity contribution in [3.05, 3.63) is 47.8 Å². The first-order valence-electron chi connectivity index (χ1n) is 5.51. The van der Waals surface area contributed by atoms with Crippen molar-refractivity contribution in [3.8, 4) is 11.5 Å². The first kappa shape index (κ1) is 14.4. The molecule has 2 rings (SSSR count). The molecule has 0 fully saturated rings. The van der Waals surface area contributed by atoms with Crippen LogP contribution in [0, 0.1) is 5.82 Å². The Balaban J connectivity index is 2.23. The van der Waals surface area contributed by atoms with E-state index in [0.29, 0.717) is 5.69 Å². The number of hydrogen-bond acceptors (Lipinski definition) is 4. The Morgan fingerprint density at radius 2 is 1.85 bits per heavy atom. The Morgan fingerprint density at radius 1 is 1.10 bits per heavy atom. The summed E-state index contributed by atoms with van der Waals surface area (Å²) >= 11 is 1.91. The smallest absolute Gasteiger partial charge is 0.259 e. The minimum atomic E-state index is -0.645. The van der Waals surface area contributed by atoms with Gasteiger partial charge in [0.2, 0.25) is 0 Å². The molecule has 0 spiro atoms. The lowest BCUT2D eigenvalue weighted by molar-refractivity contribution is 0.102. The van der Waals surface area contributed by atoms with Crippen LogP contribution in [0.2, 0.25) is 0 Å². The molecule has 0 heterocycles. The molecule has 20 heavy (non-hydrogen) atoms. The normalized spacial score (nSPS) is 10.1. The van der Waals surface area contributed by atoms with Crippen LogP contribution in [0.15, 0.2) is 36.4 Å². The zero-order chi connectivity index (χ0) is 14.7.